The molecule has 4 heteroatoms. The maximum atomic E-state index is 13.7. The molecule has 0 aromatic heterocycles. The zero-order valence-corrected chi connectivity index (χ0v) is 11.4. The van der Waals surface area contributed by atoms with Gasteiger partial charge in [0.1, 0.15) is 0 Å². The van der Waals surface area contributed by atoms with E-state index < -0.39 is 17.5 Å². The van der Waals surface area contributed by atoms with Gasteiger partial charge in [0.05, 0.1) is 11.6 Å². The maximum Gasteiger partial charge on any atom is 0.254 e. The molecular formula is C17H15F2NO. The molecule has 0 bridgehead atoms. The summed E-state index contributed by atoms with van der Waals surface area (Å²) < 4.78 is 26.9. The molecule has 1 aliphatic carbocycles. The molecule has 0 heterocycles. The second-order valence-electron chi connectivity index (χ2n) is 5.30. The number of carbonyl (C=O) groups is 1. The SMILES string of the molecule is O=C(NC(c1ccccc1)C1CC1)c1cccc(F)c1F. The first kappa shape index (κ1) is 13.7. The molecule has 108 valence electrons. The van der Waals surface area contributed by atoms with Gasteiger partial charge < -0.3 is 5.32 Å². The van der Waals surface area contributed by atoms with E-state index >= 15 is 0 Å². The summed E-state index contributed by atoms with van der Waals surface area (Å²) in [5, 5.41) is 2.83. The van der Waals surface area contributed by atoms with Gasteiger partial charge in [-0.3, -0.25) is 4.79 Å². The number of hydrogen-bond acceptors (Lipinski definition) is 1. The van der Waals surface area contributed by atoms with Crippen LogP contribution in [0.1, 0.15) is 34.8 Å². The fourth-order valence-electron chi connectivity index (χ4n) is 2.46. The second kappa shape index (κ2) is 5.64. The van der Waals surface area contributed by atoms with Crippen LogP contribution in [-0.4, -0.2) is 5.91 Å². The number of amides is 1. The fraction of sp³-hybridized carbons (Fsp3) is 0.235. The second-order valence-corrected chi connectivity index (χ2v) is 5.30. The quantitative estimate of drug-likeness (QED) is 0.909. The summed E-state index contributed by atoms with van der Waals surface area (Å²) in [5.41, 5.74) is 0.738. The van der Waals surface area contributed by atoms with Crippen LogP contribution in [0.4, 0.5) is 8.78 Å². The number of benzene rings is 2. The lowest BCUT2D eigenvalue weighted by molar-refractivity contribution is 0.0926. The summed E-state index contributed by atoms with van der Waals surface area (Å²) >= 11 is 0. The normalized spacial score (nSPS) is 15.5. The van der Waals surface area contributed by atoms with Gasteiger partial charge in [-0.25, -0.2) is 8.78 Å². The highest BCUT2D eigenvalue weighted by atomic mass is 19.2. The number of halogens is 2. The van der Waals surface area contributed by atoms with Crippen LogP contribution in [0.5, 0.6) is 0 Å². The number of hydrogen-bond donors (Lipinski definition) is 1. The third-order valence-corrected chi connectivity index (χ3v) is 3.73. The molecule has 1 unspecified atom stereocenters. The average Bonchev–Trinajstić information content (AvgIpc) is 3.33. The first-order valence-electron chi connectivity index (χ1n) is 6.96. The number of rotatable bonds is 4. The van der Waals surface area contributed by atoms with Crippen molar-refractivity contribution in [3.63, 3.8) is 0 Å². The first-order chi connectivity index (χ1) is 10.2. The predicted molar refractivity (Wildman–Crippen MR) is 75.7 cm³/mol. The molecule has 1 amide bonds. The lowest BCUT2D eigenvalue weighted by atomic mass is 10.0. The van der Waals surface area contributed by atoms with E-state index in [9.17, 15) is 13.6 Å². The maximum absolute atomic E-state index is 13.7. The topological polar surface area (TPSA) is 29.1 Å². The highest BCUT2D eigenvalue weighted by Gasteiger charge is 2.34. The molecule has 2 aromatic carbocycles. The van der Waals surface area contributed by atoms with Crippen molar-refractivity contribution in [3.05, 3.63) is 71.3 Å². The lowest BCUT2D eigenvalue weighted by Crippen LogP contribution is -2.30. The molecule has 21 heavy (non-hydrogen) atoms. The fourth-order valence-corrected chi connectivity index (χ4v) is 2.46. The summed E-state index contributed by atoms with van der Waals surface area (Å²) in [6, 6.07) is 13.1. The molecule has 1 fully saturated rings. The van der Waals surface area contributed by atoms with Crippen LogP contribution in [0.3, 0.4) is 0 Å². The van der Waals surface area contributed by atoms with Crippen molar-refractivity contribution in [2.24, 2.45) is 5.92 Å². The molecule has 1 aliphatic rings. The van der Waals surface area contributed by atoms with Gasteiger partial charge in [-0.05, 0) is 36.5 Å². The van der Waals surface area contributed by atoms with Crippen molar-refractivity contribution < 1.29 is 13.6 Å². The number of nitrogens with one attached hydrogen (secondary N) is 1. The Balaban J connectivity index is 1.83. The standard InChI is InChI=1S/C17H15F2NO/c18-14-8-4-7-13(15(14)19)17(21)20-16(12-9-10-12)11-5-2-1-3-6-11/h1-8,12,16H,9-10H2,(H,20,21). The van der Waals surface area contributed by atoms with Gasteiger partial charge in [0.25, 0.3) is 5.91 Å². The third-order valence-electron chi connectivity index (χ3n) is 3.73. The summed E-state index contributed by atoms with van der Waals surface area (Å²) in [6.45, 7) is 0. The van der Waals surface area contributed by atoms with E-state index in [1.165, 1.54) is 12.1 Å². The molecule has 1 atom stereocenters. The Labute approximate surface area is 121 Å². The highest BCUT2D eigenvalue weighted by Crippen LogP contribution is 2.41. The van der Waals surface area contributed by atoms with Crippen LogP contribution in [0, 0.1) is 17.6 Å². The monoisotopic (exact) mass is 287 g/mol. The minimum atomic E-state index is -1.10. The zero-order valence-electron chi connectivity index (χ0n) is 11.4. The molecule has 0 aliphatic heterocycles. The van der Waals surface area contributed by atoms with Gasteiger partial charge in [-0.15, -0.1) is 0 Å². The molecule has 2 aromatic rings. The van der Waals surface area contributed by atoms with Crippen LogP contribution in [0.2, 0.25) is 0 Å². The molecule has 1 N–H and O–H groups in total. The summed E-state index contributed by atoms with van der Waals surface area (Å²) in [4.78, 5) is 12.2. The zero-order chi connectivity index (χ0) is 14.8. The van der Waals surface area contributed by atoms with E-state index in [1.807, 2.05) is 30.3 Å². The Hall–Kier alpha value is -2.23. The Morgan fingerprint density at radius 2 is 1.76 bits per heavy atom. The Morgan fingerprint density at radius 1 is 1.05 bits per heavy atom. The smallest absolute Gasteiger partial charge is 0.254 e. The van der Waals surface area contributed by atoms with Crippen LogP contribution in [0.25, 0.3) is 0 Å². The molecule has 0 saturated heterocycles. The Morgan fingerprint density at radius 3 is 2.43 bits per heavy atom. The van der Waals surface area contributed by atoms with Gasteiger partial charge in [0, 0.05) is 0 Å². The molecule has 3 rings (SSSR count). The average molecular weight is 287 g/mol. The molecule has 2 nitrogen and oxygen atoms in total. The molecule has 1 saturated carbocycles. The minimum Gasteiger partial charge on any atom is -0.345 e. The minimum absolute atomic E-state index is 0.152. The summed E-state index contributed by atoms with van der Waals surface area (Å²) in [7, 11) is 0. The van der Waals surface area contributed by atoms with Crippen molar-refractivity contribution in [2.75, 3.05) is 0 Å². The third kappa shape index (κ3) is 2.94. The highest BCUT2D eigenvalue weighted by molar-refractivity contribution is 5.94. The Kier molecular flexibility index (Phi) is 3.69. The van der Waals surface area contributed by atoms with Crippen molar-refractivity contribution in [1.82, 2.24) is 5.32 Å². The van der Waals surface area contributed by atoms with Crippen LogP contribution < -0.4 is 5.32 Å². The Bertz CT molecular complexity index is 653. The van der Waals surface area contributed by atoms with Crippen molar-refractivity contribution >= 4 is 5.91 Å². The lowest BCUT2D eigenvalue weighted by Gasteiger charge is -2.19. The first-order valence-corrected chi connectivity index (χ1v) is 6.96. The summed E-state index contributed by atoms with van der Waals surface area (Å²) in [5.74, 6) is -2.32. The summed E-state index contributed by atoms with van der Waals surface area (Å²) in [6.07, 6.45) is 2.07. The molecule has 0 spiro atoms. The van der Waals surface area contributed by atoms with Gasteiger partial charge in [0.2, 0.25) is 0 Å². The van der Waals surface area contributed by atoms with Crippen molar-refractivity contribution in [2.45, 2.75) is 18.9 Å². The van der Waals surface area contributed by atoms with Crippen molar-refractivity contribution in [1.29, 1.82) is 0 Å². The van der Waals surface area contributed by atoms with E-state index in [0.717, 1.165) is 24.5 Å². The van der Waals surface area contributed by atoms with E-state index in [-0.39, 0.29) is 11.6 Å². The van der Waals surface area contributed by atoms with Crippen LogP contribution in [-0.2, 0) is 0 Å². The molecule has 0 radical (unpaired) electrons. The molecular weight excluding hydrogens is 272 g/mol. The largest absolute Gasteiger partial charge is 0.345 e. The number of carbonyl (C=O) groups excluding carboxylic acids is 1. The van der Waals surface area contributed by atoms with E-state index in [0.29, 0.717) is 5.92 Å². The van der Waals surface area contributed by atoms with Gasteiger partial charge in [0.15, 0.2) is 11.6 Å². The van der Waals surface area contributed by atoms with Gasteiger partial charge in [-0.1, -0.05) is 36.4 Å². The van der Waals surface area contributed by atoms with Crippen LogP contribution >= 0.6 is 0 Å². The van der Waals surface area contributed by atoms with E-state index in [1.54, 1.807) is 0 Å². The van der Waals surface area contributed by atoms with E-state index in [2.05, 4.69) is 5.32 Å². The van der Waals surface area contributed by atoms with Crippen molar-refractivity contribution in [3.8, 4) is 0 Å². The van der Waals surface area contributed by atoms with Gasteiger partial charge in [-0.2, -0.15) is 0 Å². The van der Waals surface area contributed by atoms with Gasteiger partial charge >= 0.3 is 0 Å². The van der Waals surface area contributed by atoms with Crippen LogP contribution in [0.15, 0.2) is 48.5 Å². The van der Waals surface area contributed by atoms with E-state index in [4.69, 9.17) is 0 Å². The predicted octanol–water partition coefficient (Wildman–Crippen LogP) is 3.85.